The Balaban J connectivity index is 1.78. The molecule has 0 saturated heterocycles. The van der Waals surface area contributed by atoms with Gasteiger partial charge in [0.1, 0.15) is 17.0 Å². The molecule has 6 heteroatoms. The van der Waals surface area contributed by atoms with Crippen molar-refractivity contribution < 1.29 is 4.74 Å². The van der Waals surface area contributed by atoms with Crippen molar-refractivity contribution >= 4 is 27.2 Å². The molecule has 5 rings (SSSR count). The van der Waals surface area contributed by atoms with Gasteiger partial charge >= 0.3 is 0 Å². The Morgan fingerprint density at radius 1 is 1.24 bits per heavy atom. The summed E-state index contributed by atoms with van der Waals surface area (Å²) >= 11 is 1.72. The van der Waals surface area contributed by atoms with E-state index in [1.54, 1.807) is 17.7 Å². The van der Waals surface area contributed by atoms with Gasteiger partial charge < -0.3 is 4.74 Å². The smallest absolute Gasteiger partial charge is 0.172 e. The standard InChI is InChI=1S/C19H18N4OS/c1-11(2)14-8-13-15(9-24-14)25-19-16(13)18-22-20-10-23(18)17(21-19)12-6-4-3-5-7-12/h3-7,10-11,14H,8-9H2,1-2H3/t14-/m0/s1. The summed E-state index contributed by atoms with van der Waals surface area (Å²) in [5.74, 6) is 1.38. The molecule has 25 heavy (non-hydrogen) atoms. The Morgan fingerprint density at radius 3 is 2.88 bits per heavy atom. The molecule has 0 bridgehead atoms. The first-order chi connectivity index (χ1) is 12.2. The fraction of sp³-hybridized carbons (Fsp3) is 0.316. The van der Waals surface area contributed by atoms with E-state index in [2.05, 4.69) is 36.2 Å². The predicted octanol–water partition coefficient (Wildman–Crippen LogP) is 4.10. The van der Waals surface area contributed by atoms with Gasteiger partial charge in [0.05, 0.1) is 18.1 Å². The van der Waals surface area contributed by atoms with Crippen molar-refractivity contribution in [1.29, 1.82) is 0 Å². The third-order valence-electron chi connectivity index (χ3n) is 4.89. The molecule has 0 aliphatic carbocycles. The van der Waals surface area contributed by atoms with Crippen LogP contribution in [-0.4, -0.2) is 25.7 Å². The molecule has 0 fully saturated rings. The number of ether oxygens (including phenoxy) is 1. The Kier molecular flexibility index (Phi) is 3.36. The summed E-state index contributed by atoms with van der Waals surface area (Å²) in [6, 6.07) is 10.2. The van der Waals surface area contributed by atoms with Gasteiger partial charge in [-0.05, 0) is 11.5 Å². The fourth-order valence-electron chi connectivity index (χ4n) is 3.51. The maximum Gasteiger partial charge on any atom is 0.172 e. The van der Waals surface area contributed by atoms with E-state index in [0.29, 0.717) is 12.5 Å². The quantitative estimate of drug-likeness (QED) is 0.546. The van der Waals surface area contributed by atoms with E-state index < -0.39 is 0 Å². The van der Waals surface area contributed by atoms with Crippen molar-refractivity contribution in [3.63, 3.8) is 0 Å². The average molecular weight is 350 g/mol. The lowest BCUT2D eigenvalue weighted by Crippen LogP contribution is -2.26. The molecule has 4 aromatic rings. The molecule has 0 spiro atoms. The minimum absolute atomic E-state index is 0.252. The van der Waals surface area contributed by atoms with Gasteiger partial charge in [-0.25, -0.2) is 4.98 Å². The Hall–Kier alpha value is -2.31. The van der Waals surface area contributed by atoms with E-state index in [0.717, 1.165) is 33.7 Å². The molecule has 1 atom stereocenters. The number of hydrogen-bond acceptors (Lipinski definition) is 5. The zero-order valence-corrected chi connectivity index (χ0v) is 15.0. The molecule has 0 N–H and O–H groups in total. The van der Waals surface area contributed by atoms with Gasteiger partial charge in [-0.1, -0.05) is 44.2 Å². The number of thiophene rings is 1. The normalized spacial score (nSPS) is 17.5. The minimum atomic E-state index is 0.252. The second-order valence-corrected chi connectivity index (χ2v) is 7.89. The summed E-state index contributed by atoms with van der Waals surface area (Å²) in [5, 5.41) is 9.73. The van der Waals surface area contributed by atoms with Gasteiger partial charge in [0.2, 0.25) is 0 Å². The largest absolute Gasteiger partial charge is 0.372 e. The highest BCUT2D eigenvalue weighted by atomic mass is 32.1. The van der Waals surface area contributed by atoms with Crippen LogP contribution in [0.3, 0.4) is 0 Å². The number of aromatic nitrogens is 4. The maximum atomic E-state index is 6.04. The Bertz CT molecular complexity index is 1070. The zero-order valence-electron chi connectivity index (χ0n) is 14.1. The molecule has 0 amide bonds. The number of hydrogen-bond donors (Lipinski definition) is 0. The molecule has 5 nitrogen and oxygen atoms in total. The Labute approximate surface area is 149 Å². The molecular formula is C19H18N4OS. The lowest BCUT2D eigenvalue weighted by atomic mass is 9.96. The van der Waals surface area contributed by atoms with Crippen molar-refractivity contribution in [3.8, 4) is 11.4 Å². The van der Waals surface area contributed by atoms with Crippen LogP contribution < -0.4 is 0 Å². The topological polar surface area (TPSA) is 52.3 Å². The molecule has 4 heterocycles. The second-order valence-electron chi connectivity index (χ2n) is 6.81. The van der Waals surface area contributed by atoms with Gasteiger partial charge in [0.15, 0.2) is 5.65 Å². The minimum Gasteiger partial charge on any atom is -0.372 e. The first-order valence-corrected chi connectivity index (χ1v) is 9.35. The molecule has 0 radical (unpaired) electrons. The van der Waals surface area contributed by atoms with Gasteiger partial charge in [-0.2, -0.15) is 0 Å². The number of fused-ring (bicyclic) bond motifs is 5. The lowest BCUT2D eigenvalue weighted by molar-refractivity contribution is 0.00203. The van der Waals surface area contributed by atoms with Crippen molar-refractivity contribution in [2.24, 2.45) is 5.92 Å². The van der Waals surface area contributed by atoms with Crippen molar-refractivity contribution in [3.05, 3.63) is 47.1 Å². The molecule has 126 valence electrons. The maximum absolute atomic E-state index is 6.04. The SMILES string of the molecule is CC(C)[C@@H]1Cc2c(sc3nc(-c4ccccc4)n4cnnc4c23)CO1. The monoisotopic (exact) mass is 350 g/mol. The molecule has 1 aromatic carbocycles. The number of benzene rings is 1. The highest BCUT2D eigenvalue weighted by Gasteiger charge is 2.28. The highest BCUT2D eigenvalue weighted by Crippen LogP contribution is 2.39. The summed E-state index contributed by atoms with van der Waals surface area (Å²) in [5.41, 5.74) is 3.30. The van der Waals surface area contributed by atoms with Crippen LogP contribution in [-0.2, 0) is 17.8 Å². The van der Waals surface area contributed by atoms with E-state index in [4.69, 9.17) is 9.72 Å². The molecular weight excluding hydrogens is 332 g/mol. The molecule has 3 aromatic heterocycles. The van der Waals surface area contributed by atoms with Crippen LogP contribution in [0, 0.1) is 5.92 Å². The summed E-state index contributed by atoms with van der Waals surface area (Å²) in [4.78, 5) is 7.26. The van der Waals surface area contributed by atoms with E-state index in [1.165, 1.54) is 10.4 Å². The summed E-state index contributed by atoms with van der Waals surface area (Å²) < 4.78 is 8.05. The van der Waals surface area contributed by atoms with Crippen LogP contribution in [0.25, 0.3) is 27.3 Å². The summed E-state index contributed by atoms with van der Waals surface area (Å²) in [6.45, 7) is 5.09. The van der Waals surface area contributed by atoms with Crippen molar-refractivity contribution in [2.45, 2.75) is 33.0 Å². The van der Waals surface area contributed by atoms with E-state index in [-0.39, 0.29) is 6.10 Å². The van der Waals surface area contributed by atoms with Crippen molar-refractivity contribution in [1.82, 2.24) is 19.6 Å². The van der Waals surface area contributed by atoms with Crippen LogP contribution in [0.4, 0.5) is 0 Å². The van der Waals surface area contributed by atoms with Crippen molar-refractivity contribution in [2.75, 3.05) is 0 Å². The number of nitrogens with zero attached hydrogens (tertiary/aromatic N) is 4. The van der Waals surface area contributed by atoms with Crippen LogP contribution in [0.1, 0.15) is 24.3 Å². The molecule has 0 saturated carbocycles. The van der Waals surface area contributed by atoms with Crippen LogP contribution in [0.2, 0.25) is 0 Å². The molecule has 1 aliphatic heterocycles. The van der Waals surface area contributed by atoms with Crippen LogP contribution in [0.5, 0.6) is 0 Å². The first kappa shape index (κ1) is 15.0. The second kappa shape index (κ2) is 5.61. The van der Waals surface area contributed by atoms with Crippen LogP contribution >= 0.6 is 11.3 Å². The van der Waals surface area contributed by atoms with Gasteiger partial charge in [0, 0.05) is 16.9 Å². The van der Waals surface area contributed by atoms with Gasteiger partial charge in [-0.15, -0.1) is 21.5 Å². The molecule has 0 unspecified atom stereocenters. The van der Waals surface area contributed by atoms with E-state index >= 15 is 0 Å². The Morgan fingerprint density at radius 2 is 2.08 bits per heavy atom. The van der Waals surface area contributed by atoms with E-state index in [1.807, 2.05) is 22.6 Å². The van der Waals surface area contributed by atoms with Crippen LogP contribution in [0.15, 0.2) is 36.7 Å². The summed E-state index contributed by atoms with van der Waals surface area (Å²) in [7, 11) is 0. The zero-order chi connectivity index (χ0) is 17.0. The van der Waals surface area contributed by atoms with E-state index in [9.17, 15) is 0 Å². The third-order valence-corrected chi connectivity index (χ3v) is 5.99. The van der Waals surface area contributed by atoms with Gasteiger partial charge in [-0.3, -0.25) is 4.40 Å². The third kappa shape index (κ3) is 2.28. The predicted molar refractivity (Wildman–Crippen MR) is 98.7 cm³/mol. The molecule has 1 aliphatic rings. The average Bonchev–Trinajstić information content (AvgIpc) is 3.24. The summed E-state index contributed by atoms with van der Waals surface area (Å²) in [6.07, 6.45) is 2.93. The van der Waals surface area contributed by atoms with Gasteiger partial charge in [0.25, 0.3) is 0 Å². The first-order valence-electron chi connectivity index (χ1n) is 8.53. The lowest BCUT2D eigenvalue weighted by Gasteiger charge is -2.26. The fourth-order valence-corrected chi connectivity index (χ4v) is 4.63. The number of rotatable bonds is 2. The highest BCUT2D eigenvalue weighted by molar-refractivity contribution is 7.19.